The minimum atomic E-state index is 1.12. The maximum Gasteiger partial charge on any atom is -0.0145 e. The van der Waals surface area contributed by atoms with E-state index in [-0.39, 0.29) is 0 Å². The molecule has 2 aromatic rings. The molecule has 2 aliphatic rings. The van der Waals surface area contributed by atoms with Gasteiger partial charge in [-0.2, -0.15) is 0 Å². The van der Waals surface area contributed by atoms with Crippen LogP contribution >= 0.6 is 0 Å². The lowest BCUT2D eigenvalue weighted by atomic mass is 9.79. The summed E-state index contributed by atoms with van der Waals surface area (Å²) >= 11 is 0. The summed E-state index contributed by atoms with van der Waals surface area (Å²) in [6, 6.07) is 11.7. The van der Waals surface area contributed by atoms with Crippen LogP contribution < -0.4 is 0 Å². The van der Waals surface area contributed by atoms with Gasteiger partial charge in [-0.1, -0.05) is 55.0 Å². The Morgan fingerprint density at radius 1 is 1.00 bits per heavy atom. The molecule has 0 N–H and O–H groups in total. The average Bonchev–Trinajstić information content (AvgIpc) is 2.53. The van der Waals surface area contributed by atoms with Crippen LogP contribution in [0.5, 0.6) is 0 Å². The zero-order valence-electron chi connectivity index (χ0n) is 12.1. The highest BCUT2D eigenvalue weighted by Gasteiger charge is 2.20. The normalized spacial score (nSPS) is 17.2. The van der Waals surface area contributed by atoms with Gasteiger partial charge in [0.2, 0.25) is 0 Å². The van der Waals surface area contributed by atoms with Crippen LogP contribution in [0.3, 0.4) is 0 Å². The highest BCUT2D eigenvalue weighted by Crippen LogP contribution is 2.39. The Hall–Kier alpha value is -1.82. The molecule has 0 radical (unpaired) electrons. The van der Waals surface area contributed by atoms with Crippen molar-refractivity contribution in [1.82, 2.24) is 0 Å². The summed E-state index contributed by atoms with van der Waals surface area (Å²) in [7, 11) is 0. The molecule has 0 amide bonds. The van der Waals surface area contributed by atoms with Crippen molar-refractivity contribution in [3.05, 3.63) is 64.7 Å². The second-order valence-electron chi connectivity index (χ2n) is 5.96. The molecule has 0 atom stereocenters. The van der Waals surface area contributed by atoms with E-state index in [9.17, 15) is 0 Å². The van der Waals surface area contributed by atoms with Crippen LogP contribution in [0.4, 0.5) is 0 Å². The van der Waals surface area contributed by atoms with Gasteiger partial charge >= 0.3 is 0 Å². The zero-order chi connectivity index (χ0) is 13.5. The fraction of sp³-hybridized carbons (Fsp3) is 0.300. The van der Waals surface area contributed by atoms with Gasteiger partial charge in [0.05, 0.1) is 0 Å². The molecule has 0 saturated carbocycles. The van der Waals surface area contributed by atoms with Crippen LogP contribution in [0.15, 0.2) is 48.1 Å². The number of aryl methyl sites for hydroxylation is 2. The van der Waals surface area contributed by atoms with E-state index in [4.69, 9.17) is 0 Å². The van der Waals surface area contributed by atoms with Gasteiger partial charge < -0.3 is 0 Å². The van der Waals surface area contributed by atoms with Crippen molar-refractivity contribution in [2.75, 3.05) is 0 Å². The van der Waals surface area contributed by atoms with Crippen molar-refractivity contribution < 1.29 is 0 Å². The Labute approximate surface area is 120 Å². The lowest BCUT2D eigenvalue weighted by Gasteiger charge is -2.25. The third kappa shape index (κ3) is 1.75. The molecule has 0 heteroatoms. The average molecular weight is 260 g/mol. The Balaban J connectivity index is 1.95. The van der Waals surface area contributed by atoms with Gasteiger partial charge in [0.25, 0.3) is 0 Å². The predicted octanol–water partition coefficient (Wildman–Crippen LogP) is 5.45. The molecule has 2 aromatic carbocycles. The third-order valence-electron chi connectivity index (χ3n) is 4.85. The maximum atomic E-state index is 2.36. The number of hydrogen-bond donors (Lipinski definition) is 0. The van der Waals surface area contributed by atoms with Crippen molar-refractivity contribution >= 4 is 16.3 Å². The molecular formula is C20H20. The van der Waals surface area contributed by atoms with Crippen LogP contribution in [-0.4, -0.2) is 0 Å². The summed E-state index contributed by atoms with van der Waals surface area (Å²) in [5.41, 5.74) is 7.67. The Kier molecular flexibility index (Phi) is 2.77. The van der Waals surface area contributed by atoms with Gasteiger partial charge in [-0.15, -0.1) is 0 Å². The number of rotatable bonds is 1. The Morgan fingerprint density at radius 3 is 2.85 bits per heavy atom. The molecule has 0 bridgehead atoms. The van der Waals surface area contributed by atoms with Crippen LogP contribution in [0, 0.1) is 0 Å². The standard InChI is InChI=1S/C20H20/c1-2-14-7-10-18-16(13-14)9-12-19-17-6-4-3-5-15(17)8-11-20(18)19/h4,6-7,9-10,12-13H,2-3,5,8,11H2,1H3. The van der Waals surface area contributed by atoms with E-state index in [1.807, 2.05) is 0 Å². The highest BCUT2D eigenvalue weighted by atomic mass is 14.2. The predicted molar refractivity (Wildman–Crippen MR) is 86.9 cm³/mol. The minimum absolute atomic E-state index is 1.12. The number of fused-ring (bicyclic) bond motifs is 4. The molecule has 0 unspecified atom stereocenters. The van der Waals surface area contributed by atoms with Gasteiger partial charge in [-0.05, 0) is 65.1 Å². The van der Waals surface area contributed by atoms with Gasteiger partial charge in [0, 0.05) is 0 Å². The minimum Gasteiger partial charge on any atom is -0.0836 e. The van der Waals surface area contributed by atoms with E-state index in [1.54, 1.807) is 11.1 Å². The molecule has 4 rings (SSSR count). The molecule has 0 aliphatic heterocycles. The molecule has 100 valence electrons. The summed E-state index contributed by atoms with van der Waals surface area (Å²) in [6.07, 6.45) is 10.7. The van der Waals surface area contributed by atoms with Gasteiger partial charge in [0.1, 0.15) is 0 Å². The van der Waals surface area contributed by atoms with E-state index in [1.165, 1.54) is 53.2 Å². The summed E-state index contributed by atoms with van der Waals surface area (Å²) in [6.45, 7) is 2.23. The maximum absolute atomic E-state index is 2.36. The largest absolute Gasteiger partial charge is 0.0836 e. The fourth-order valence-electron chi connectivity index (χ4n) is 3.71. The highest BCUT2D eigenvalue weighted by molar-refractivity contribution is 5.94. The van der Waals surface area contributed by atoms with Crippen LogP contribution in [0.2, 0.25) is 0 Å². The summed E-state index contributed by atoms with van der Waals surface area (Å²) in [5, 5.41) is 2.87. The Bertz CT molecular complexity index is 744. The molecule has 0 nitrogen and oxygen atoms in total. The molecule has 2 aliphatic carbocycles. The van der Waals surface area contributed by atoms with Crippen LogP contribution in [0.25, 0.3) is 16.3 Å². The summed E-state index contributed by atoms with van der Waals surface area (Å²) < 4.78 is 0. The van der Waals surface area contributed by atoms with Crippen molar-refractivity contribution in [2.45, 2.75) is 39.0 Å². The molecule has 0 aromatic heterocycles. The summed E-state index contributed by atoms with van der Waals surface area (Å²) in [4.78, 5) is 0. The van der Waals surface area contributed by atoms with Crippen LogP contribution in [-0.2, 0) is 12.8 Å². The van der Waals surface area contributed by atoms with E-state index in [0.29, 0.717) is 0 Å². The monoisotopic (exact) mass is 260 g/mol. The van der Waals surface area contributed by atoms with Crippen molar-refractivity contribution in [2.24, 2.45) is 0 Å². The number of hydrogen-bond acceptors (Lipinski definition) is 0. The van der Waals surface area contributed by atoms with E-state index in [2.05, 4.69) is 49.4 Å². The smallest absolute Gasteiger partial charge is 0.0145 e. The summed E-state index contributed by atoms with van der Waals surface area (Å²) in [5.74, 6) is 0. The van der Waals surface area contributed by atoms with E-state index < -0.39 is 0 Å². The first kappa shape index (κ1) is 12.0. The van der Waals surface area contributed by atoms with Gasteiger partial charge in [0.15, 0.2) is 0 Å². The SMILES string of the molecule is CCc1ccc2c3c(ccc2c1)C1=C(CCC=C1)CC3. The van der Waals surface area contributed by atoms with E-state index >= 15 is 0 Å². The molecule has 0 fully saturated rings. The van der Waals surface area contributed by atoms with Crippen LogP contribution in [0.1, 0.15) is 42.9 Å². The fourth-order valence-corrected chi connectivity index (χ4v) is 3.71. The second-order valence-corrected chi connectivity index (χ2v) is 5.96. The topological polar surface area (TPSA) is 0 Å². The van der Waals surface area contributed by atoms with Crippen molar-refractivity contribution in [3.8, 4) is 0 Å². The molecule has 20 heavy (non-hydrogen) atoms. The van der Waals surface area contributed by atoms with Crippen molar-refractivity contribution in [3.63, 3.8) is 0 Å². The lowest BCUT2D eigenvalue weighted by Crippen LogP contribution is -2.07. The first-order chi connectivity index (χ1) is 9.86. The Morgan fingerprint density at radius 2 is 1.95 bits per heavy atom. The van der Waals surface area contributed by atoms with Gasteiger partial charge in [-0.3, -0.25) is 0 Å². The van der Waals surface area contributed by atoms with E-state index in [0.717, 1.165) is 6.42 Å². The molecular weight excluding hydrogens is 240 g/mol. The number of benzene rings is 2. The number of allylic oxidation sites excluding steroid dienone is 4. The molecule has 0 heterocycles. The zero-order valence-corrected chi connectivity index (χ0v) is 12.1. The third-order valence-corrected chi connectivity index (χ3v) is 4.85. The van der Waals surface area contributed by atoms with Crippen molar-refractivity contribution in [1.29, 1.82) is 0 Å². The first-order valence-electron chi connectivity index (χ1n) is 7.80. The first-order valence-corrected chi connectivity index (χ1v) is 7.80. The van der Waals surface area contributed by atoms with Gasteiger partial charge in [-0.25, -0.2) is 0 Å². The molecule has 0 spiro atoms. The molecule has 0 saturated heterocycles. The quantitative estimate of drug-likeness (QED) is 0.639. The second kappa shape index (κ2) is 4.63. The lowest BCUT2D eigenvalue weighted by molar-refractivity contribution is 0.831.